The number of hydrogen-bond acceptors (Lipinski definition) is 3. The molecule has 5 heteroatoms. The van der Waals surface area contributed by atoms with E-state index in [0.29, 0.717) is 12.2 Å². The molecule has 1 atom stereocenters. The quantitative estimate of drug-likeness (QED) is 0.779. The Bertz CT molecular complexity index is 409. The molecule has 94 valence electrons. The van der Waals surface area contributed by atoms with Gasteiger partial charge in [-0.05, 0) is 38.7 Å². The second-order valence-electron chi connectivity index (χ2n) is 3.79. The maximum Gasteiger partial charge on any atom is 0.327 e. The molecule has 0 saturated carbocycles. The van der Waals surface area contributed by atoms with E-state index < -0.39 is 11.9 Å². The molecule has 0 fully saturated rings. The van der Waals surface area contributed by atoms with Gasteiger partial charge in [0, 0.05) is 0 Å². The summed E-state index contributed by atoms with van der Waals surface area (Å²) in [6.45, 7) is 2.04. The zero-order valence-corrected chi connectivity index (χ0v) is 10.8. The van der Waals surface area contributed by atoms with Crippen LogP contribution in [0.15, 0.2) is 18.2 Å². The fourth-order valence-corrected chi connectivity index (χ4v) is 1.74. The predicted octanol–water partition coefficient (Wildman–Crippen LogP) is 2.64. The van der Waals surface area contributed by atoms with Gasteiger partial charge in [-0.2, -0.15) is 0 Å². The maximum atomic E-state index is 13.1. The first-order valence-corrected chi connectivity index (χ1v) is 5.63. The van der Waals surface area contributed by atoms with Crippen LogP contribution in [0.5, 0.6) is 0 Å². The van der Waals surface area contributed by atoms with Gasteiger partial charge in [-0.1, -0.05) is 17.7 Å². The Hall–Kier alpha value is -1.13. The third-order valence-electron chi connectivity index (χ3n) is 2.29. The zero-order valence-electron chi connectivity index (χ0n) is 10.0. The highest BCUT2D eigenvalue weighted by molar-refractivity contribution is 6.30. The molecule has 0 heterocycles. The number of carbonyl (C=O) groups excluding carboxylic acids is 1. The highest BCUT2D eigenvalue weighted by atomic mass is 35.5. The number of likely N-dealkylation sites (N-methyl/N-ethyl adjacent to an activating group) is 1. The normalized spacial score (nSPS) is 12.6. The number of esters is 1. The van der Waals surface area contributed by atoms with Gasteiger partial charge in [-0.15, -0.1) is 0 Å². The van der Waals surface area contributed by atoms with E-state index in [9.17, 15) is 9.18 Å². The average Bonchev–Trinajstić information content (AvgIpc) is 2.23. The van der Waals surface area contributed by atoms with Crippen molar-refractivity contribution in [1.29, 1.82) is 0 Å². The zero-order chi connectivity index (χ0) is 13.0. The van der Waals surface area contributed by atoms with Crippen LogP contribution in [0.1, 0.15) is 18.5 Å². The van der Waals surface area contributed by atoms with Crippen LogP contribution < -0.4 is 0 Å². The molecule has 1 aromatic carbocycles. The van der Waals surface area contributed by atoms with Gasteiger partial charge < -0.3 is 4.74 Å². The van der Waals surface area contributed by atoms with E-state index in [4.69, 9.17) is 16.3 Å². The first-order chi connectivity index (χ1) is 7.97. The smallest absolute Gasteiger partial charge is 0.327 e. The molecule has 0 saturated heterocycles. The predicted molar refractivity (Wildman–Crippen MR) is 64.5 cm³/mol. The number of nitrogens with zero attached hydrogens (tertiary/aromatic N) is 1. The molecule has 0 spiro atoms. The van der Waals surface area contributed by atoms with Crippen LogP contribution in [-0.4, -0.2) is 31.6 Å². The van der Waals surface area contributed by atoms with Gasteiger partial charge >= 0.3 is 5.97 Å². The molecule has 0 aromatic heterocycles. The van der Waals surface area contributed by atoms with E-state index >= 15 is 0 Å². The maximum absolute atomic E-state index is 13.1. The van der Waals surface area contributed by atoms with Gasteiger partial charge in [-0.3, -0.25) is 4.90 Å². The topological polar surface area (TPSA) is 29.5 Å². The molecule has 1 rings (SSSR count). The summed E-state index contributed by atoms with van der Waals surface area (Å²) in [4.78, 5) is 13.5. The van der Waals surface area contributed by atoms with Crippen LogP contribution in [0.25, 0.3) is 0 Å². The molecular formula is C12H15ClFNO2. The van der Waals surface area contributed by atoms with Gasteiger partial charge in [0.05, 0.1) is 11.6 Å². The monoisotopic (exact) mass is 259 g/mol. The van der Waals surface area contributed by atoms with Crippen molar-refractivity contribution in [3.8, 4) is 0 Å². The van der Waals surface area contributed by atoms with Crippen molar-refractivity contribution < 1.29 is 13.9 Å². The number of carbonyl (C=O) groups is 1. The van der Waals surface area contributed by atoms with Crippen molar-refractivity contribution >= 4 is 17.6 Å². The number of hydrogen-bond donors (Lipinski definition) is 0. The molecular weight excluding hydrogens is 245 g/mol. The molecule has 0 aliphatic carbocycles. The standard InChI is InChI=1S/C12H15ClFNO2/c1-4-17-12(16)11(15(2)3)8-5-6-10(14)9(13)7-8/h5-7,11H,4H2,1-3H3. The SMILES string of the molecule is CCOC(=O)C(c1ccc(F)c(Cl)c1)N(C)C. The Morgan fingerprint density at radius 1 is 1.53 bits per heavy atom. The highest BCUT2D eigenvalue weighted by Crippen LogP contribution is 2.24. The van der Waals surface area contributed by atoms with Crippen LogP contribution >= 0.6 is 11.6 Å². The van der Waals surface area contributed by atoms with E-state index in [-0.39, 0.29) is 11.0 Å². The third kappa shape index (κ3) is 3.41. The summed E-state index contributed by atoms with van der Waals surface area (Å²) in [6, 6.07) is 3.64. The number of ether oxygens (including phenoxy) is 1. The van der Waals surface area contributed by atoms with E-state index in [1.54, 1.807) is 25.9 Å². The van der Waals surface area contributed by atoms with Crippen molar-refractivity contribution in [2.75, 3.05) is 20.7 Å². The summed E-state index contributed by atoms with van der Waals surface area (Å²) in [7, 11) is 3.50. The molecule has 1 unspecified atom stereocenters. The minimum atomic E-state index is -0.576. The number of benzene rings is 1. The molecule has 3 nitrogen and oxygen atoms in total. The van der Waals surface area contributed by atoms with E-state index in [0.717, 1.165) is 0 Å². The fourth-order valence-electron chi connectivity index (χ4n) is 1.55. The molecule has 1 aromatic rings. The van der Waals surface area contributed by atoms with Crippen LogP contribution in [0.2, 0.25) is 5.02 Å². The third-order valence-corrected chi connectivity index (χ3v) is 2.58. The van der Waals surface area contributed by atoms with Crippen LogP contribution in [-0.2, 0) is 9.53 Å². The van der Waals surface area contributed by atoms with Gasteiger partial charge in [0.15, 0.2) is 0 Å². The van der Waals surface area contributed by atoms with Crippen molar-refractivity contribution in [3.05, 3.63) is 34.6 Å². The summed E-state index contributed by atoms with van der Waals surface area (Å²) in [6.07, 6.45) is 0. The Morgan fingerprint density at radius 3 is 2.65 bits per heavy atom. The fraction of sp³-hybridized carbons (Fsp3) is 0.417. The van der Waals surface area contributed by atoms with Crippen LogP contribution in [0, 0.1) is 5.82 Å². The van der Waals surface area contributed by atoms with E-state index in [2.05, 4.69) is 0 Å². The van der Waals surface area contributed by atoms with Crippen LogP contribution in [0.3, 0.4) is 0 Å². The van der Waals surface area contributed by atoms with Crippen LogP contribution in [0.4, 0.5) is 4.39 Å². The lowest BCUT2D eigenvalue weighted by Crippen LogP contribution is -2.29. The Morgan fingerprint density at radius 2 is 2.18 bits per heavy atom. The first-order valence-electron chi connectivity index (χ1n) is 5.25. The number of halogens is 2. The summed E-state index contributed by atoms with van der Waals surface area (Å²) in [5.41, 5.74) is 0.611. The molecule has 17 heavy (non-hydrogen) atoms. The summed E-state index contributed by atoms with van der Waals surface area (Å²) >= 11 is 5.70. The summed E-state index contributed by atoms with van der Waals surface area (Å²) in [5.74, 6) is -0.878. The van der Waals surface area contributed by atoms with E-state index in [1.807, 2.05) is 0 Å². The minimum absolute atomic E-state index is 0.00125. The lowest BCUT2D eigenvalue weighted by atomic mass is 10.1. The Kier molecular flexibility index (Phi) is 4.90. The second-order valence-corrected chi connectivity index (χ2v) is 4.20. The summed E-state index contributed by atoms with van der Waals surface area (Å²) < 4.78 is 18.0. The van der Waals surface area contributed by atoms with Gasteiger partial charge in [0.2, 0.25) is 0 Å². The van der Waals surface area contributed by atoms with Gasteiger partial charge in [0.25, 0.3) is 0 Å². The molecule has 0 aliphatic heterocycles. The lowest BCUT2D eigenvalue weighted by molar-refractivity contribution is -0.148. The van der Waals surface area contributed by atoms with Gasteiger partial charge in [0.1, 0.15) is 11.9 Å². The van der Waals surface area contributed by atoms with E-state index in [1.165, 1.54) is 18.2 Å². The van der Waals surface area contributed by atoms with Crippen molar-refractivity contribution in [3.63, 3.8) is 0 Å². The largest absolute Gasteiger partial charge is 0.465 e. The Labute approximate surface area is 105 Å². The average molecular weight is 260 g/mol. The summed E-state index contributed by atoms with van der Waals surface area (Å²) in [5, 5.41) is -0.00125. The number of rotatable bonds is 4. The van der Waals surface area contributed by atoms with Crippen molar-refractivity contribution in [2.45, 2.75) is 13.0 Å². The molecule has 0 aliphatic rings. The van der Waals surface area contributed by atoms with Crippen molar-refractivity contribution in [2.24, 2.45) is 0 Å². The Balaban J connectivity index is 3.05. The molecule has 0 radical (unpaired) electrons. The first kappa shape index (κ1) is 13.9. The minimum Gasteiger partial charge on any atom is -0.465 e. The molecule has 0 bridgehead atoms. The molecule has 0 amide bonds. The van der Waals surface area contributed by atoms with Gasteiger partial charge in [-0.25, -0.2) is 9.18 Å². The molecule has 0 N–H and O–H groups in total. The second kappa shape index (κ2) is 5.98. The lowest BCUT2D eigenvalue weighted by Gasteiger charge is -2.22. The highest BCUT2D eigenvalue weighted by Gasteiger charge is 2.24. The van der Waals surface area contributed by atoms with Crippen molar-refractivity contribution in [1.82, 2.24) is 4.90 Å².